The lowest BCUT2D eigenvalue weighted by Crippen LogP contribution is -2.40. The molecule has 1 fully saturated rings. The first kappa shape index (κ1) is 19.7. The van der Waals surface area contributed by atoms with E-state index in [2.05, 4.69) is 10.6 Å². The number of ether oxygens (including phenoxy) is 1. The summed E-state index contributed by atoms with van der Waals surface area (Å²) in [5.74, 6) is -0.319. The van der Waals surface area contributed by atoms with Gasteiger partial charge in [0.15, 0.2) is 5.11 Å². The van der Waals surface area contributed by atoms with E-state index in [1.54, 1.807) is 31.2 Å². The first-order valence-corrected chi connectivity index (χ1v) is 10.2. The van der Waals surface area contributed by atoms with Gasteiger partial charge in [-0.25, -0.2) is 12.8 Å². The Kier molecular flexibility index (Phi) is 6.05. The van der Waals surface area contributed by atoms with Gasteiger partial charge in [0.25, 0.3) is 0 Å². The van der Waals surface area contributed by atoms with Crippen molar-refractivity contribution in [2.75, 3.05) is 36.9 Å². The van der Waals surface area contributed by atoms with Crippen LogP contribution in [0.3, 0.4) is 0 Å². The van der Waals surface area contributed by atoms with Gasteiger partial charge in [-0.15, -0.1) is 0 Å². The van der Waals surface area contributed by atoms with Gasteiger partial charge < -0.3 is 15.4 Å². The number of sulfonamides is 1. The summed E-state index contributed by atoms with van der Waals surface area (Å²) in [6.07, 6.45) is 0. The Morgan fingerprint density at radius 1 is 1.07 bits per heavy atom. The maximum Gasteiger partial charge on any atom is 0.243 e. The Morgan fingerprint density at radius 2 is 1.67 bits per heavy atom. The normalized spacial score (nSPS) is 15.3. The van der Waals surface area contributed by atoms with E-state index in [4.69, 9.17) is 17.0 Å². The molecule has 1 heterocycles. The molecular weight excluding hydrogens is 389 g/mol. The number of halogens is 1. The zero-order valence-electron chi connectivity index (χ0n) is 14.7. The van der Waals surface area contributed by atoms with E-state index in [1.807, 2.05) is 0 Å². The smallest absolute Gasteiger partial charge is 0.243 e. The van der Waals surface area contributed by atoms with Crippen LogP contribution in [0, 0.1) is 12.7 Å². The van der Waals surface area contributed by atoms with Gasteiger partial charge in [-0.3, -0.25) is 0 Å². The lowest BCUT2D eigenvalue weighted by molar-refractivity contribution is 0.0730. The lowest BCUT2D eigenvalue weighted by Gasteiger charge is -2.26. The average molecular weight is 410 g/mol. The van der Waals surface area contributed by atoms with E-state index in [0.29, 0.717) is 43.2 Å². The number of hydrogen-bond acceptors (Lipinski definition) is 4. The third-order valence-corrected chi connectivity index (χ3v) is 6.27. The number of hydrogen-bond donors (Lipinski definition) is 2. The Labute approximate surface area is 163 Å². The van der Waals surface area contributed by atoms with Gasteiger partial charge in [0, 0.05) is 24.5 Å². The summed E-state index contributed by atoms with van der Waals surface area (Å²) in [4.78, 5) is 0.217. The van der Waals surface area contributed by atoms with Crippen LogP contribution in [0.1, 0.15) is 5.56 Å². The zero-order valence-corrected chi connectivity index (χ0v) is 16.4. The van der Waals surface area contributed by atoms with Crippen molar-refractivity contribution in [1.29, 1.82) is 0 Å². The maximum absolute atomic E-state index is 13.6. The maximum atomic E-state index is 13.6. The van der Waals surface area contributed by atoms with Gasteiger partial charge in [0.2, 0.25) is 10.0 Å². The third kappa shape index (κ3) is 4.81. The molecule has 0 aromatic heterocycles. The lowest BCUT2D eigenvalue weighted by atomic mass is 10.2. The molecule has 2 aromatic rings. The van der Waals surface area contributed by atoms with Crippen LogP contribution in [-0.2, 0) is 14.8 Å². The zero-order chi connectivity index (χ0) is 19.4. The first-order chi connectivity index (χ1) is 12.9. The van der Waals surface area contributed by atoms with Gasteiger partial charge in [0.1, 0.15) is 5.82 Å². The standard InChI is InChI=1S/C18H20FN3O3S2/c1-13-2-3-15(12-17(13)19)21-18(26)20-14-4-6-16(7-5-14)27(23,24)22-8-10-25-11-9-22/h2-7,12H,8-11H2,1H3,(H2,20,21,26). The van der Waals surface area contributed by atoms with Crippen molar-refractivity contribution >= 4 is 38.7 Å². The van der Waals surface area contributed by atoms with Crippen molar-refractivity contribution < 1.29 is 17.5 Å². The van der Waals surface area contributed by atoms with E-state index in [0.717, 1.165) is 0 Å². The predicted octanol–water partition coefficient (Wildman–Crippen LogP) is 2.96. The number of thiocarbonyl (C=S) groups is 1. The second kappa shape index (κ2) is 8.30. The van der Waals surface area contributed by atoms with E-state index in [-0.39, 0.29) is 15.8 Å². The fraction of sp³-hybridized carbons (Fsp3) is 0.278. The SMILES string of the molecule is Cc1ccc(NC(=S)Nc2ccc(S(=O)(=O)N3CCOCC3)cc2)cc1F. The average Bonchev–Trinajstić information content (AvgIpc) is 2.66. The second-order valence-corrected chi connectivity index (χ2v) is 8.43. The molecule has 0 aliphatic carbocycles. The summed E-state index contributed by atoms with van der Waals surface area (Å²) in [7, 11) is -3.53. The summed E-state index contributed by atoms with van der Waals surface area (Å²) >= 11 is 5.22. The number of morpholine rings is 1. The molecule has 6 nitrogen and oxygen atoms in total. The molecule has 2 N–H and O–H groups in total. The Balaban J connectivity index is 1.64. The van der Waals surface area contributed by atoms with Gasteiger partial charge in [0.05, 0.1) is 18.1 Å². The fourth-order valence-electron chi connectivity index (χ4n) is 2.61. The number of nitrogens with one attached hydrogen (secondary N) is 2. The monoisotopic (exact) mass is 409 g/mol. The van der Waals surface area contributed by atoms with Crippen molar-refractivity contribution in [3.8, 4) is 0 Å². The second-order valence-electron chi connectivity index (χ2n) is 6.08. The van der Waals surface area contributed by atoms with E-state index < -0.39 is 10.0 Å². The van der Waals surface area contributed by atoms with E-state index >= 15 is 0 Å². The van der Waals surface area contributed by atoms with Crippen molar-refractivity contribution in [3.63, 3.8) is 0 Å². The Bertz CT molecular complexity index is 927. The fourth-order valence-corrected chi connectivity index (χ4v) is 4.25. The molecule has 0 bridgehead atoms. The van der Waals surface area contributed by atoms with Crippen LogP contribution in [0.5, 0.6) is 0 Å². The summed E-state index contributed by atoms with van der Waals surface area (Å²) < 4.78 is 45.4. The molecule has 1 aliphatic heterocycles. The molecule has 0 unspecified atom stereocenters. The summed E-state index contributed by atoms with van der Waals surface area (Å²) in [5, 5.41) is 6.13. The van der Waals surface area contributed by atoms with Crippen LogP contribution < -0.4 is 10.6 Å². The molecule has 2 aromatic carbocycles. The molecule has 0 spiro atoms. The number of rotatable bonds is 4. The molecule has 144 valence electrons. The highest BCUT2D eigenvalue weighted by Crippen LogP contribution is 2.20. The van der Waals surface area contributed by atoms with Crippen LogP contribution in [0.2, 0.25) is 0 Å². The molecular formula is C18H20FN3O3S2. The van der Waals surface area contributed by atoms with Crippen LogP contribution in [0.25, 0.3) is 0 Å². The minimum atomic E-state index is -3.53. The molecule has 27 heavy (non-hydrogen) atoms. The van der Waals surface area contributed by atoms with Crippen molar-refractivity contribution in [2.45, 2.75) is 11.8 Å². The summed E-state index contributed by atoms with van der Waals surface area (Å²) in [6, 6.07) is 11.1. The number of benzene rings is 2. The molecule has 0 radical (unpaired) electrons. The Hall–Kier alpha value is -2.07. The van der Waals surface area contributed by atoms with Crippen LogP contribution >= 0.6 is 12.2 Å². The molecule has 0 atom stereocenters. The van der Waals surface area contributed by atoms with Crippen molar-refractivity contribution in [1.82, 2.24) is 4.31 Å². The summed E-state index contributed by atoms with van der Waals surface area (Å²) in [5.41, 5.74) is 1.71. The van der Waals surface area contributed by atoms with Crippen molar-refractivity contribution in [2.24, 2.45) is 0 Å². The Morgan fingerprint density at radius 3 is 2.30 bits per heavy atom. The topological polar surface area (TPSA) is 70.7 Å². The van der Waals surface area contributed by atoms with Crippen LogP contribution in [0.4, 0.5) is 15.8 Å². The van der Waals surface area contributed by atoms with Crippen LogP contribution in [-0.4, -0.2) is 44.1 Å². The number of nitrogens with zero attached hydrogens (tertiary/aromatic N) is 1. The molecule has 0 amide bonds. The number of anilines is 2. The molecule has 0 saturated carbocycles. The molecule has 3 rings (SSSR count). The minimum Gasteiger partial charge on any atom is -0.379 e. The molecule has 1 saturated heterocycles. The van der Waals surface area contributed by atoms with Gasteiger partial charge in [-0.2, -0.15) is 4.31 Å². The highest BCUT2D eigenvalue weighted by molar-refractivity contribution is 7.89. The van der Waals surface area contributed by atoms with Gasteiger partial charge in [-0.05, 0) is 61.1 Å². The van der Waals surface area contributed by atoms with Gasteiger partial charge >= 0.3 is 0 Å². The van der Waals surface area contributed by atoms with E-state index in [9.17, 15) is 12.8 Å². The highest BCUT2D eigenvalue weighted by Gasteiger charge is 2.26. The third-order valence-electron chi connectivity index (χ3n) is 4.15. The van der Waals surface area contributed by atoms with E-state index in [1.165, 1.54) is 22.5 Å². The predicted molar refractivity (Wildman–Crippen MR) is 107 cm³/mol. The minimum absolute atomic E-state index is 0.217. The van der Waals surface area contributed by atoms with Crippen molar-refractivity contribution in [3.05, 3.63) is 53.8 Å². The van der Waals surface area contributed by atoms with Gasteiger partial charge in [-0.1, -0.05) is 6.07 Å². The summed E-state index contributed by atoms with van der Waals surface area (Å²) in [6.45, 7) is 3.19. The van der Waals surface area contributed by atoms with Crippen LogP contribution in [0.15, 0.2) is 47.4 Å². The highest BCUT2D eigenvalue weighted by atomic mass is 32.2. The largest absolute Gasteiger partial charge is 0.379 e. The first-order valence-electron chi connectivity index (χ1n) is 8.38. The molecule has 1 aliphatic rings. The quantitative estimate of drug-likeness (QED) is 0.757. The number of aryl methyl sites for hydroxylation is 1. The molecule has 9 heteroatoms.